The molecule has 2 heterocycles. The fraction of sp³-hybridized carbons (Fsp3) is 0.846. The molecular formula is C13H23N3O4. The lowest BCUT2D eigenvalue weighted by Crippen LogP contribution is -2.49. The largest absolute Gasteiger partial charge is 0.480 e. The van der Waals surface area contributed by atoms with Crippen LogP contribution in [0.4, 0.5) is 4.79 Å². The van der Waals surface area contributed by atoms with Crippen molar-refractivity contribution in [3.8, 4) is 0 Å². The third-order valence-electron chi connectivity index (χ3n) is 4.29. The van der Waals surface area contributed by atoms with Crippen LogP contribution in [0.25, 0.3) is 0 Å². The zero-order valence-electron chi connectivity index (χ0n) is 12.0. The molecule has 2 unspecified atom stereocenters. The Morgan fingerprint density at radius 1 is 1.40 bits per heavy atom. The first-order chi connectivity index (χ1) is 9.40. The number of carboxylic acids is 1. The standard InChI is InChI=1S/C13H23N3O4/c1-14-5-3-4-9(14)7-15(2)13(20)16-8-10(17)6-11(16)12(18)19/h9-11,17H,3-8H2,1-2H3,(H,18,19)/t9?,10?,11-/m0/s1. The molecule has 2 saturated heterocycles. The average Bonchev–Trinajstić information content (AvgIpc) is 2.95. The monoisotopic (exact) mass is 285 g/mol. The van der Waals surface area contributed by atoms with E-state index in [0.717, 1.165) is 19.4 Å². The Labute approximate surface area is 118 Å². The van der Waals surface area contributed by atoms with Crippen LogP contribution in [-0.2, 0) is 4.79 Å². The number of β-amino-alcohol motifs (C(OH)–C–C–N with tert-alkyl or cyclic N) is 1. The van der Waals surface area contributed by atoms with Crippen LogP contribution >= 0.6 is 0 Å². The highest BCUT2D eigenvalue weighted by molar-refractivity contribution is 5.83. The minimum Gasteiger partial charge on any atom is -0.480 e. The van der Waals surface area contributed by atoms with Crippen LogP contribution in [0.3, 0.4) is 0 Å². The van der Waals surface area contributed by atoms with Gasteiger partial charge < -0.3 is 24.9 Å². The van der Waals surface area contributed by atoms with E-state index in [2.05, 4.69) is 4.90 Å². The van der Waals surface area contributed by atoms with Gasteiger partial charge in [0, 0.05) is 32.6 Å². The third kappa shape index (κ3) is 3.04. The van der Waals surface area contributed by atoms with Crippen LogP contribution in [0, 0.1) is 0 Å². The predicted molar refractivity (Wildman–Crippen MR) is 72.4 cm³/mol. The molecule has 0 spiro atoms. The van der Waals surface area contributed by atoms with Gasteiger partial charge in [-0.1, -0.05) is 0 Å². The molecule has 3 atom stereocenters. The Hall–Kier alpha value is -1.34. The van der Waals surface area contributed by atoms with E-state index in [4.69, 9.17) is 5.11 Å². The van der Waals surface area contributed by atoms with Crippen molar-refractivity contribution in [1.29, 1.82) is 0 Å². The number of rotatable bonds is 3. The van der Waals surface area contributed by atoms with Gasteiger partial charge in [0.2, 0.25) is 0 Å². The predicted octanol–water partition coefficient (Wildman–Crippen LogP) is -0.348. The van der Waals surface area contributed by atoms with Gasteiger partial charge in [-0.25, -0.2) is 9.59 Å². The zero-order chi connectivity index (χ0) is 14.9. The van der Waals surface area contributed by atoms with Crippen molar-refractivity contribution in [2.75, 3.05) is 33.7 Å². The number of hydrogen-bond donors (Lipinski definition) is 2. The molecule has 2 fully saturated rings. The quantitative estimate of drug-likeness (QED) is 0.740. The van der Waals surface area contributed by atoms with Crippen LogP contribution in [-0.4, -0.2) is 88.8 Å². The van der Waals surface area contributed by atoms with Crippen LogP contribution < -0.4 is 0 Å². The van der Waals surface area contributed by atoms with E-state index in [1.54, 1.807) is 11.9 Å². The smallest absolute Gasteiger partial charge is 0.326 e. The second kappa shape index (κ2) is 5.97. The van der Waals surface area contributed by atoms with Gasteiger partial charge in [0.1, 0.15) is 6.04 Å². The summed E-state index contributed by atoms with van der Waals surface area (Å²) in [6.07, 6.45) is 1.54. The lowest BCUT2D eigenvalue weighted by Gasteiger charge is -2.30. The highest BCUT2D eigenvalue weighted by Crippen LogP contribution is 2.21. The summed E-state index contributed by atoms with van der Waals surface area (Å²) in [6, 6.07) is -0.893. The average molecular weight is 285 g/mol. The Morgan fingerprint density at radius 2 is 2.10 bits per heavy atom. The second-order valence-corrected chi connectivity index (χ2v) is 5.84. The van der Waals surface area contributed by atoms with Crippen molar-refractivity contribution in [2.24, 2.45) is 0 Å². The van der Waals surface area contributed by atoms with Crippen LogP contribution in [0.2, 0.25) is 0 Å². The normalized spacial score (nSPS) is 30.8. The Kier molecular flexibility index (Phi) is 4.49. The van der Waals surface area contributed by atoms with Gasteiger partial charge in [-0.3, -0.25) is 0 Å². The summed E-state index contributed by atoms with van der Waals surface area (Å²) >= 11 is 0. The van der Waals surface area contributed by atoms with Crippen molar-refractivity contribution >= 4 is 12.0 Å². The van der Waals surface area contributed by atoms with Crippen LogP contribution in [0.5, 0.6) is 0 Å². The topological polar surface area (TPSA) is 84.3 Å². The van der Waals surface area contributed by atoms with Crippen molar-refractivity contribution in [3.63, 3.8) is 0 Å². The summed E-state index contributed by atoms with van der Waals surface area (Å²) in [4.78, 5) is 28.6. The van der Waals surface area contributed by atoms with E-state index in [0.29, 0.717) is 12.6 Å². The molecule has 0 saturated carbocycles. The number of carbonyl (C=O) groups is 2. The van der Waals surface area contributed by atoms with E-state index in [1.165, 1.54) is 4.90 Å². The van der Waals surface area contributed by atoms with E-state index >= 15 is 0 Å². The van der Waals surface area contributed by atoms with Gasteiger partial charge in [-0.15, -0.1) is 0 Å². The van der Waals surface area contributed by atoms with Gasteiger partial charge >= 0.3 is 12.0 Å². The number of aliphatic hydroxyl groups excluding tert-OH is 1. The highest BCUT2D eigenvalue weighted by atomic mass is 16.4. The SMILES string of the molecule is CN(CC1CCCN1C)C(=O)N1CC(O)C[C@H]1C(=O)O. The number of nitrogens with zero attached hydrogens (tertiary/aromatic N) is 3. The van der Waals surface area contributed by atoms with Gasteiger partial charge in [-0.2, -0.15) is 0 Å². The number of carboxylic acid groups (broad SMARTS) is 1. The maximum absolute atomic E-state index is 12.4. The number of aliphatic carboxylic acids is 1. The number of likely N-dealkylation sites (N-methyl/N-ethyl adjacent to an activating group) is 2. The maximum atomic E-state index is 12.4. The number of likely N-dealkylation sites (tertiary alicyclic amines) is 2. The molecule has 0 aromatic rings. The fourth-order valence-electron chi connectivity index (χ4n) is 3.08. The van der Waals surface area contributed by atoms with E-state index in [-0.39, 0.29) is 19.0 Å². The number of hydrogen-bond acceptors (Lipinski definition) is 4. The van der Waals surface area contributed by atoms with Crippen molar-refractivity contribution in [1.82, 2.24) is 14.7 Å². The Morgan fingerprint density at radius 3 is 2.65 bits per heavy atom. The maximum Gasteiger partial charge on any atom is 0.326 e. The number of aliphatic hydroxyl groups is 1. The minimum atomic E-state index is -1.05. The van der Waals surface area contributed by atoms with Crippen molar-refractivity contribution in [3.05, 3.63) is 0 Å². The molecule has 7 nitrogen and oxygen atoms in total. The summed E-state index contributed by atoms with van der Waals surface area (Å²) in [5.41, 5.74) is 0. The number of urea groups is 1. The van der Waals surface area contributed by atoms with Gasteiger partial charge in [0.05, 0.1) is 6.10 Å². The summed E-state index contributed by atoms with van der Waals surface area (Å²) < 4.78 is 0. The minimum absolute atomic E-state index is 0.0979. The van der Waals surface area contributed by atoms with E-state index in [9.17, 15) is 14.7 Å². The lowest BCUT2D eigenvalue weighted by molar-refractivity contribution is -0.141. The fourth-order valence-corrected chi connectivity index (χ4v) is 3.08. The lowest BCUT2D eigenvalue weighted by atomic mass is 10.2. The number of amides is 2. The van der Waals surface area contributed by atoms with Crippen LogP contribution in [0.1, 0.15) is 19.3 Å². The summed E-state index contributed by atoms with van der Waals surface area (Å²) in [5.74, 6) is -1.05. The first-order valence-electron chi connectivity index (χ1n) is 7.03. The van der Waals surface area contributed by atoms with Crippen molar-refractivity contribution < 1.29 is 19.8 Å². The molecular weight excluding hydrogens is 262 g/mol. The molecule has 2 aliphatic rings. The summed E-state index contributed by atoms with van der Waals surface area (Å²) in [5, 5.41) is 18.7. The molecule has 2 N–H and O–H groups in total. The molecule has 20 heavy (non-hydrogen) atoms. The van der Waals surface area contributed by atoms with Gasteiger partial charge in [0.25, 0.3) is 0 Å². The van der Waals surface area contributed by atoms with Gasteiger partial charge in [0.15, 0.2) is 0 Å². The molecule has 114 valence electrons. The molecule has 0 aromatic heterocycles. The highest BCUT2D eigenvalue weighted by Gasteiger charge is 2.40. The molecule has 2 rings (SSSR count). The molecule has 0 bridgehead atoms. The summed E-state index contributed by atoms with van der Waals surface area (Å²) in [6.45, 7) is 1.72. The molecule has 0 radical (unpaired) electrons. The van der Waals surface area contributed by atoms with Crippen molar-refractivity contribution in [2.45, 2.75) is 37.5 Å². The molecule has 2 aliphatic heterocycles. The molecule has 0 aliphatic carbocycles. The van der Waals surface area contributed by atoms with Crippen LogP contribution in [0.15, 0.2) is 0 Å². The summed E-state index contributed by atoms with van der Waals surface area (Å²) in [7, 11) is 3.73. The van der Waals surface area contributed by atoms with E-state index < -0.39 is 18.1 Å². The Bertz CT molecular complexity index is 390. The van der Waals surface area contributed by atoms with Gasteiger partial charge in [-0.05, 0) is 26.4 Å². The third-order valence-corrected chi connectivity index (χ3v) is 4.29. The second-order valence-electron chi connectivity index (χ2n) is 5.84. The molecule has 2 amide bonds. The molecule has 0 aromatic carbocycles. The molecule has 7 heteroatoms. The Balaban J connectivity index is 1.97. The number of carbonyl (C=O) groups excluding carboxylic acids is 1. The first kappa shape index (κ1) is 15.1. The van der Waals surface area contributed by atoms with E-state index in [1.807, 2.05) is 7.05 Å². The zero-order valence-corrected chi connectivity index (χ0v) is 12.0. The first-order valence-corrected chi connectivity index (χ1v) is 7.03.